The minimum atomic E-state index is -0.683. The molecule has 306 valence electrons. The van der Waals surface area contributed by atoms with Crippen LogP contribution in [0.2, 0.25) is 0 Å². The fraction of sp³-hybridized carbons (Fsp3) is 0.911. The van der Waals surface area contributed by atoms with Crippen LogP contribution in [-0.2, 0) is 28.5 Å². The summed E-state index contributed by atoms with van der Waals surface area (Å²) in [5.41, 5.74) is -0.683. The van der Waals surface area contributed by atoms with Gasteiger partial charge in [0.2, 0.25) is 0 Å². The van der Waals surface area contributed by atoms with Gasteiger partial charge in [-0.3, -0.25) is 9.59 Å². The van der Waals surface area contributed by atoms with Crippen LogP contribution in [0, 0.1) is 11.3 Å². The lowest BCUT2D eigenvalue weighted by Crippen LogP contribution is -2.49. The van der Waals surface area contributed by atoms with Crippen LogP contribution in [0.5, 0.6) is 0 Å². The number of rotatable bonds is 36. The second-order valence-corrected chi connectivity index (χ2v) is 16.2. The molecule has 0 saturated carbocycles. The predicted octanol–water partition coefficient (Wildman–Crippen LogP) is 12.1. The number of ether oxygens (including phenoxy) is 4. The summed E-state index contributed by atoms with van der Waals surface area (Å²) < 4.78 is 24.3. The topological polar surface area (TPSA) is 74.3 Å². The van der Waals surface area contributed by atoms with Gasteiger partial charge in [0.1, 0.15) is 13.2 Å². The molecule has 52 heavy (non-hydrogen) atoms. The van der Waals surface area contributed by atoms with Crippen molar-refractivity contribution in [2.75, 3.05) is 47.1 Å². The van der Waals surface area contributed by atoms with Crippen LogP contribution in [0.25, 0.3) is 0 Å². The van der Waals surface area contributed by atoms with Gasteiger partial charge in [-0.25, -0.2) is 0 Å². The Labute approximate surface area is 322 Å². The third-order valence-electron chi connectivity index (χ3n) is 10.5. The lowest BCUT2D eigenvalue weighted by Gasteiger charge is -2.39. The van der Waals surface area contributed by atoms with Crippen molar-refractivity contribution >= 4 is 11.9 Å². The van der Waals surface area contributed by atoms with Crippen LogP contribution in [-0.4, -0.2) is 70.2 Å². The van der Waals surface area contributed by atoms with Gasteiger partial charge >= 0.3 is 11.9 Å². The molecule has 0 aromatic heterocycles. The molecule has 1 heterocycles. The van der Waals surface area contributed by atoms with Crippen molar-refractivity contribution in [1.29, 1.82) is 0 Å². The van der Waals surface area contributed by atoms with Crippen molar-refractivity contribution < 1.29 is 28.5 Å². The molecule has 1 saturated heterocycles. The van der Waals surface area contributed by atoms with Crippen molar-refractivity contribution in [1.82, 2.24) is 4.90 Å². The molecule has 1 aliphatic heterocycles. The Morgan fingerprint density at radius 3 is 1.67 bits per heavy atom. The fourth-order valence-electron chi connectivity index (χ4n) is 6.92. The second-order valence-electron chi connectivity index (χ2n) is 16.2. The number of carbonyl (C=O) groups is 2. The molecule has 0 N–H and O–H groups in total. The Morgan fingerprint density at radius 1 is 0.635 bits per heavy atom. The number of hydrogen-bond acceptors (Lipinski definition) is 7. The van der Waals surface area contributed by atoms with Gasteiger partial charge in [0.25, 0.3) is 0 Å². The van der Waals surface area contributed by atoms with Crippen molar-refractivity contribution in [3.63, 3.8) is 0 Å². The summed E-state index contributed by atoms with van der Waals surface area (Å²) >= 11 is 0. The molecule has 0 bridgehead atoms. The maximum atomic E-state index is 13.7. The van der Waals surface area contributed by atoms with E-state index in [9.17, 15) is 9.59 Å². The summed E-state index contributed by atoms with van der Waals surface area (Å²) in [5.74, 6) is -0.368. The van der Waals surface area contributed by atoms with Crippen LogP contribution < -0.4 is 0 Å². The number of allylic oxidation sites excluding steroid dienone is 2. The van der Waals surface area contributed by atoms with E-state index in [1.165, 1.54) is 109 Å². The van der Waals surface area contributed by atoms with Crippen LogP contribution in [0.3, 0.4) is 0 Å². The van der Waals surface area contributed by atoms with Crippen molar-refractivity contribution in [2.45, 2.75) is 207 Å². The smallest absolute Gasteiger partial charge is 0.308 e. The largest absolute Gasteiger partial charge is 0.465 e. The average molecular weight is 736 g/mol. The third kappa shape index (κ3) is 27.2. The highest BCUT2D eigenvalue weighted by Gasteiger charge is 2.40. The first-order chi connectivity index (χ1) is 25.4. The Kier molecular flexibility index (Phi) is 31.8. The predicted molar refractivity (Wildman–Crippen MR) is 218 cm³/mol. The van der Waals surface area contributed by atoms with E-state index in [1.807, 2.05) is 0 Å². The Morgan fingerprint density at radius 2 is 1.12 bits per heavy atom. The van der Waals surface area contributed by atoms with Gasteiger partial charge in [0.15, 0.2) is 6.29 Å². The quantitative estimate of drug-likeness (QED) is 0.0360. The summed E-state index contributed by atoms with van der Waals surface area (Å²) in [6, 6.07) is 0. The van der Waals surface area contributed by atoms with Gasteiger partial charge in [0, 0.05) is 6.42 Å². The Hall–Kier alpha value is -1.44. The zero-order valence-electron chi connectivity index (χ0n) is 35.0. The van der Waals surface area contributed by atoms with E-state index >= 15 is 0 Å². The molecule has 0 amide bonds. The van der Waals surface area contributed by atoms with Crippen molar-refractivity contribution in [2.24, 2.45) is 11.3 Å². The first kappa shape index (κ1) is 48.6. The van der Waals surface area contributed by atoms with Gasteiger partial charge in [-0.1, -0.05) is 155 Å². The summed E-state index contributed by atoms with van der Waals surface area (Å²) in [6.45, 7) is 8.72. The summed E-state index contributed by atoms with van der Waals surface area (Å²) in [6.07, 6.45) is 36.0. The van der Waals surface area contributed by atoms with E-state index in [4.69, 9.17) is 18.9 Å². The average Bonchev–Trinajstić information content (AvgIpc) is 3.14. The highest BCUT2D eigenvalue weighted by atomic mass is 16.7. The first-order valence-corrected chi connectivity index (χ1v) is 22.2. The lowest BCUT2D eigenvalue weighted by molar-refractivity contribution is -0.250. The molecule has 7 heteroatoms. The summed E-state index contributed by atoms with van der Waals surface area (Å²) in [5, 5.41) is 0. The van der Waals surface area contributed by atoms with Gasteiger partial charge in [-0.15, -0.1) is 0 Å². The van der Waals surface area contributed by atoms with Crippen LogP contribution in [0.15, 0.2) is 12.2 Å². The molecule has 0 spiro atoms. The minimum Gasteiger partial charge on any atom is -0.465 e. The maximum absolute atomic E-state index is 13.7. The van der Waals surface area contributed by atoms with Gasteiger partial charge in [-0.2, -0.15) is 0 Å². The molecule has 0 unspecified atom stereocenters. The molecular weight excluding hydrogens is 650 g/mol. The van der Waals surface area contributed by atoms with Gasteiger partial charge in [0.05, 0.1) is 24.5 Å². The number of nitrogens with zero attached hydrogens (tertiary/aromatic N) is 1. The highest BCUT2D eigenvalue weighted by Crippen LogP contribution is 2.29. The SMILES string of the molecule is CCCC/C=C\CCCCCCCC(=O)OCC1(COC(=O)C(CCCCCCCCC)CCCCCCCCC)COC(CCCN(C)C)OC1. The molecule has 0 radical (unpaired) electrons. The van der Waals surface area contributed by atoms with Gasteiger partial charge < -0.3 is 23.8 Å². The van der Waals surface area contributed by atoms with E-state index in [2.05, 4.69) is 51.9 Å². The monoisotopic (exact) mass is 736 g/mol. The standard InChI is InChI=1S/C45H85NO6/c1-6-9-12-15-18-19-20-21-24-27-30-34-42(47)49-37-45(38-50-43(51-39-45)35-31-36-46(4)5)40-52-44(48)41(32-28-25-22-16-13-10-7-2)33-29-26-23-17-14-11-8-3/h15,18,41,43H,6-14,16-17,19-40H2,1-5H3/b18-15-. The summed E-state index contributed by atoms with van der Waals surface area (Å²) in [7, 11) is 4.14. The molecular formula is C45H85NO6. The Bertz CT molecular complexity index is 835. The van der Waals surface area contributed by atoms with Gasteiger partial charge in [-0.05, 0) is 72.0 Å². The molecule has 0 aliphatic carbocycles. The normalized spacial score (nSPS) is 17.8. The second kappa shape index (κ2) is 34.1. The lowest BCUT2D eigenvalue weighted by atomic mass is 9.90. The van der Waals surface area contributed by atoms with E-state index in [-0.39, 0.29) is 37.4 Å². The van der Waals surface area contributed by atoms with Crippen molar-refractivity contribution in [3.05, 3.63) is 12.2 Å². The number of carbonyl (C=O) groups excluding carboxylic acids is 2. The fourth-order valence-corrected chi connectivity index (χ4v) is 6.92. The van der Waals surface area contributed by atoms with Crippen LogP contribution >= 0.6 is 0 Å². The zero-order valence-corrected chi connectivity index (χ0v) is 35.0. The molecule has 0 aromatic carbocycles. The molecule has 1 aliphatic rings. The molecule has 1 fully saturated rings. The zero-order chi connectivity index (χ0) is 38.0. The van der Waals surface area contributed by atoms with Crippen LogP contribution in [0.4, 0.5) is 0 Å². The molecule has 0 aromatic rings. The molecule has 1 rings (SSSR count). The number of unbranched alkanes of at least 4 members (excludes halogenated alkanes) is 19. The minimum absolute atomic E-state index is 0.0767. The number of esters is 2. The first-order valence-electron chi connectivity index (χ1n) is 22.2. The van der Waals surface area contributed by atoms with Crippen molar-refractivity contribution in [3.8, 4) is 0 Å². The molecule has 7 nitrogen and oxygen atoms in total. The third-order valence-corrected chi connectivity index (χ3v) is 10.5. The molecule has 0 atom stereocenters. The van der Waals surface area contributed by atoms with E-state index < -0.39 is 5.41 Å². The summed E-state index contributed by atoms with van der Waals surface area (Å²) in [4.78, 5) is 28.7. The van der Waals surface area contributed by atoms with E-state index in [0.29, 0.717) is 19.6 Å². The highest BCUT2D eigenvalue weighted by molar-refractivity contribution is 5.72. The number of hydrogen-bond donors (Lipinski definition) is 0. The Balaban J connectivity index is 2.67. The van der Waals surface area contributed by atoms with Crippen LogP contribution in [0.1, 0.15) is 201 Å². The van der Waals surface area contributed by atoms with E-state index in [1.54, 1.807) is 0 Å². The maximum Gasteiger partial charge on any atom is 0.308 e. The van der Waals surface area contributed by atoms with E-state index in [0.717, 1.165) is 70.8 Å².